The molecule has 34 heavy (non-hydrogen) atoms. The molecule has 8 nitrogen and oxygen atoms in total. The van der Waals surface area contributed by atoms with Crippen molar-refractivity contribution in [3.05, 3.63) is 70.1 Å². The quantitative estimate of drug-likeness (QED) is 0.569. The number of nitrogens with two attached hydrogens (primary N) is 1. The summed E-state index contributed by atoms with van der Waals surface area (Å²) in [5.41, 5.74) is 8.19. The molecular weight excluding hydrogens is 459 g/mol. The van der Waals surface area contributed by atoms with Crippen LogP contribution in [0.25, 0.3) is 11.3 Å². The number of hydrogen-bond donors (Lipinski definition) is 2. The smallest absolute Gasteiger partial charge is 0.322 e. The second-order valence-corrected chi connectivity index (χ2v) is 8.83. The third-order valence-electron chi connectivity index (χ3n) is 5.83. The van der Waals surface area contributed by atoms with Crippen molar-refractivity contribution in [3.63, 3.8) is 0 Å². The van der Waals surface area contributed by atoms with Crippen LogP contribution in [0.15, 0.2) is 42.5 Å². The molecule has 1 aliphatic heterocycles. The summed E-state index contributed by atoms with van der Waals surface area (Å²) in [6.07, 6.45) is 0. The van der Waals surface area contributed by atoms with Gasteiger partial charge in [-0.1, -0.05) is 25.4 Å². The molecule has 1 atom stereocenters. The van der Waals surface area contributed by atoms with Gasteiger partial charge in [-0.05, 0) is 48.4 Å². The van der Waals surface area contributed by atoms with E-state index in [2.05, 4.69) is 10.4 Å². The number of urea groups is 1. The number of amides is 3. The molecule has 1 aromatic heterocycles. The Labute approximate surface area is 200 Å². The van der Waals surface area contributed by atoms with Crippen LogP contribution in [0.4, 0.5) is 14.9 Å². The molecule has 0 radical (unpaired) electrons. The van der Waals surface area contributed by atoms with E-state index in [4.69, 9.17) is 22.6 Å². The van der Waals surface area contributed by atoms with Crippen LogP contribution in [0, 0.1) is 23.1 Å². The predicted molar refractivity (Wildman–Crippen MR) is 126 cm³/mol. The number of carbonyl (C=O) groups is 2. The lowest BCUT2D eigenvalue weighted by atomic mass is 9.99. The average molecular weight is 481 g/mol. The summed E-state index contributed by atoms with van der Waals surface area (Å²) in [7, 11) is 0. The largest absolute Gasteiger partial charge is 0.365 e. The van der Waals surface area contributed by atoms with Gasteiger partial charge in [0.15, 0.2) is 0 Å². The number of benzene rings is 2. The predicted octanol–water partition coefficient (Wildman–Crippen LogP) is 4.56. The zero-order valence-corrected chi connectivity index (χ0v) is 19.3. The average Bonchev–Trinajstić information content (AvgIpc) is 3.20. The van der Waals surface area contributed by atoms with Gasteiger partial charge >= 0.3 is 6.03 Å². The number of fused-ring (bicyclic) bond motifs is 1. The number of nitrogens with one attached hydrogen (secondary N) is 1. The number of carbonyl (C=O) groups excluding carboxylic acids is 2. The van der Waals surface area contributed by atoms with Crippen LogP contribution < -0.4 is 11.1 Å². The number of rotatable bonds is 4. The molecule has 0 saturated carbocycles. The van der Waals surface area contributed by atoms with E-state index in [9.17, 15) is 14.0 Å². The third kappa shape index (κ3) is 4.32. The van der Waals surface area contributed by atoms with E-state index in [1.807, 2.05) is 19.9 Å². The number of aromatic nitrogens is 2. The zero-order valence-electron chi connectivity index (χ0n) is 18.5. The molecule has 0 bridgehead atoms. The van der Waals surface area contributed by atoms with E-state index in [-0.39, 0.29) is 35.1 Å². The Morgan fingerprint density at radius 3 is 2.56 bits per heavy atom. The summed E-state index contributed by atoms with van der Waals surface area (Å²) in [5, 5.41) is 16.3. The van der Waals surface area contributed by atoms with Gasteiger partial charge < -0.3 is 16.0 Å². The first kappa shape index (κ1) is 23.3. The van der Waals surface area contributed by atoms with Crippen molar-refractivity contribution in [2.75, 3.05) is 11.9 Å². The third-order valence-corrected chi connectivity index (χ3v) is 6.12. The second-order valence-electron chi connectivity index (χ2n) is 8.42. The topological polar surface area (TPSA) is 117 Å². The highest BCUT2D eigenvalue weighted by molar-refractivity contribution is 6.31. The number of anilines is 1. The molecule has 0 saturated heterocycles. The molecule has 0 aliphatic carbocycles. The molecule has 1 aliphatic rings. The van der Waals surface area contributed by atoms with Gasteiger partial charge in [-0.3, -0.25) is 9.48 Å². The number of hydrogen-bond acceptors (Lipinski definition) is 4. The highest BCUT2D eigenvalue weighted by atomic mass is 35.5. The van der Waals surface area contributed by atoms with Crippen molar-refractivity contribution >= 4 is 29.2 Å². The van der Waals surface area contributed by atoms with Crippen molar-refractivity contribution in [2.45, 2.75) is 26.4 Å². The van der Waals surface area contributed by atoms with Gasteiger partial charge in [0.2, 0.25) is 0 Å². The van der Waals surface area contributed by atoms with Crippen LogP contribution in [-0.4, -0.2) is 33.2 Å². The highest BCUT2D eigenvalue weighted by Gasteiger charge is 2.36. The van der Waals surface area contributed by atoms with Gasteiger partial charge in [0, 0.05) is 17.8 Å². The van der Waals surface area contributed by atoms with Crippen LogP contribution >= 0.6 is 11.6 Å². The van der Waals surface area contributed by atoms with Gasteiger partial charge in [-0.25, -0.2) is 9.18 Å². The lowest BCUT2D eigenvalue weighted by Gasteiger charge is -2.36. The Kier molecular flexibility index (Phi) is 6.26. The van der Waals surface area contributed by atoms with E-state index >= 15 is 0 Å². The molecule has 0 fully saturated rings. The minimum Gasteiger partial charge on any atom is -0.365 e. The molecule has 10 heteroatoms. The summed E-state index contributed by atoms with van der Waals surface area (Å²) >= 11 is 5.96. The number of halogens is 2. The Morgan fingerprint density at radius 2 is 1.97 bits per heavy atom. The summed E-state index contributed by atoms with van der Waals surface area (Å²) in [6.45, 7) is 4.45. The molecule has 3 aromatic rings. The summed E-state index contributed by atoms with van der Waals surface area (Å²) < 4.78 is 15.5. The first-order valence-electron chi connectivity index (χ1n) is 10.6. The van der Waals surface area contributed by atoms with Gasteiger partial charge in [0.05, 0.1) is 40.5 Å². The molecule has 4 rings (SSSR count). The molecular formula is C24H22ClFN6O2. The highest BCUT2D eigenvalue weighted by Crippen LogP contribution is 2.35. The summed E-state index contributed by atoms with van der Waals surface area (Å²) in [5.74, 6) is -1.20. The zero-order chi connectivity index (χ0) is 24.6. The Bertz CT molecular complexity index is 1310. The fourth-order valence-corrected chi connectivity index (χ4v) is 4.21. The lowest BCUT2D eigenvalue weighted by Crippen LogP contribution is -2.45. The molecule has 3 amide bonds. The molecule has 2 heterocycles. The summed E-state index contributed by atoms with van der Waals surface area (Å²) in [4.78, 5) is 27.2. The van der Waals surface area contributed by atoms with Crippen LogP contribution in [0.3, 0.4) is 0 Å². The van der Waals surface area contributed by atoms with Crippen molar-refractivity contribution in [2.24, 2.45) is 11.7 Å². The molecule has 1 unspecified atom stereocenters. The Hall–Kier alpha value is -3.90. The lowest BCUT2D eigenvalue weighted by molar-refractivity contribution is 0.0995. The molecule has 174 valence electrons. The fraction of sp³-hybridized carbons (Fsp3) is 0.250. The van der Waals surface area contributed by atoms with E-state index in [0.717, 1.165) is 0 Å². The first-order valence-corrected chi connectivity index (χ1v) is 11.0. The van der Waals surface area contributed by atoms with Crippen molar-refractivity contribution in [1.29, 1.82) is 5.26 Å². The summed E-state index contributed by atoms with van der Waals surface area (Å²) in [6, 6.07) is 12.1. The molecule has 0 spiro atoms. The second kappa shape index (κ2) is 9.15. The standard InChI is InChI=1S/C24H22ClFN6O2/c1-13(2)19-11-31(24(34)29-16-6-3-14(10-27)4-7-16)12-20-21(23(28)33)22(30-32(19)20)15-5-8-18(26)17(25)9-15/h3-9,13,19H,11-12H2,1-2H3,(H2,28,33)(H,29,34). The minimum absolute atomic E-state index is 0.0783. The maximum Gasteiger partial charge on any atom is 0.322 e. The van der Waals surface area contributed by atoms with E-state index < -0.39 is 11.7 Å². The van der Waals surface area contributed by atoms with Crippen molar-refractivity contribution in [1.82, 2.24) is 14.7 Å². The maximum atomic E-state index is 13.7. The maximum absolute atomic E-state index is 13.7. The SMILES string of the molecule is CC(C)C1CN(C(=O)Nc2ccc(C#N)cc2)Cc2c(C(N)=O)c(-c3ccc(F)c(Cl)c3)nn21. The van der Waals surface area contributed by atoms with E-state index in [0.29, 0.717) is 34.7 Å². The van der Waals surface area contributed by atoms with E-state index in [1.54, 1.807) is 33.8 Å². The van der Waals surface area contributed by atoms with Gasteiger partial charge in [0.1, 0.15) is 11.5 Å². The normalized spacial score (nSPS) is 15.1. The van der Waals surface area contributed by atoms with Crippen LogP contribution in [0.5, 0.6) is 0 Å². The fourth-order valence-electron chi connectivity index (χ4n) is 4.03. The monoisotopic (exact) mass is 480 g/mol. The number of nitrogens with zero attached hydrogens (tertiary/aromatic N) is 4. The Morgan fingerprint density at radius 1 is 1.26 bits per heavy atom. The van der Waals surface area contributed by atoms with Gasteiger partial charge in [0.25, 0.3) is 5.91 Å². The van der Waals surface area contributed by atoms with Gasteiger partial charge in [-0.15, -0.1) is 0 Å². The van der Waals surface area contributed by atoms with Crippen LogP contribution in [0.1, 0.15) is 41.5 Å². The van der Waals surface area contributed by atoms with Crippen molar-refractivity contribution in [3.8, 4) is 17.3 Å². The van der Waals surface area contributed by atoms with E-state index in [1.165, 1.54) is 18.2 Å². The van der Waals surface area contributed by atoms with Crippen LogP contribution in [-0.2, 0) is 6.54 Å². The molecule has 2 aromatic carbocycles. The Balaban J connectivity index is 1.72. The van der Waals surface area contributed by atoms with Crippen LogP contribution in [0.2, 0.25) is 5.02 Å². The number of nitriles is 1. The minimum atomic E-state index is -0.700. The molecule has 3 N–H and O–H groups in total. The van der Waals surface area contributed by atoms with Crippen molar-refractivity contribution < 1.29 is 14.0 Å². The van der Waals surface area contributed by atoms with Gasteiger partial charge in [-0.2, -0.15) is 10.4 Å². The first-order chi connectivity index (χ1) is 16.2. The number of primary amides is 1.